The number of likely N-dealkylation sites (N-methyl/N-ethyl adjacent to an activating group) is 1. The molecule has 41 heavy (non-hydrogen) atoms. The highest BCUT2D eigenvalue weighted by Crippen LogP contribution is 2.36. The van der Waals surface area contributed by atoms with Gasteiger partial charge < -0.3 is 24.0 Å². The van der Waals surface area contributed by atoms with Gasteiger partial charge in [0.15, 0.2) is 16.4 Å². The predicted octanol–water partition coefficient (Wildman–Crippen LogP) is 3.45. The topological polar surface area (TPSA) is 134 Å². The van der Waals surface area contributed by atoms with E-state index < -0.39 is 22.2 Å². The van der Waals surface area contributed by atoms with Crippen LogP contribution in [-0.2, 0) is 16.6 Å². The molecule has 2 heterocycles. The van der Waals surface area contributed by atoms with E-state index in [4.69, 9.17) is 14.0 Å². The van der Waals surface area contributed by atoms with Crippen molar-refractivity contribution in [1.82, 2.24) is 15.0 Å². The zero-order valence-corrected chi connectivity index (χ0v) is 25.1. The van der Waals surface area contributed by atoms with E-state index in [-0.39, 0.29) is 51.8 Å². The number of anilines is 1. The Morgan fingerprint density at radius 2 is 1.93 bits per heavy atom. The molecule has 4 rings (SSSR count). The Balaban J connectivity index is 1.70. The maximum Gasteiger partial charge on any atom is 0.267 e. The van der Waals surface area contributed by atoms with E-state index in [2.05, 4.69) is 14.8 Å². The van der Waals surface area contributed by atoms with Crippen LogP contribution >= 0.6 is 0 Å². The molecule has 3 aromatic rings. The second-order valence-electron chi connectivity index (χ2n) is 10.6. The molecule has 0 saturated heterocycles. The highest BCUT2D eigenvalue weighted by Gasteiger charge is 2.35. The van der Waals surface area contributed by atoms with Gasteiger partial charge in [-0.1, -0.05) is 30.3 Å². The van der Waals surface area contributed by atoms with Crippen LogP contribution in [0.5, 0.6) is 11.5 Å². The van der Waals surface area contributed by atoms with Crippen molar-refractivity contribution in [1.29, 1.82) is 0 Å². The highest BCUT2D eigenvalue weighted by molar-refractivity contribution is 7.92. The lowest BCUT2D eigenvalue weighted by molar-refractivity contribution is 0.0344. The summed E-state index contributed by atoms with van der Waals surface area (Å²) in [4.78, 5) is 17.4. The second kappa shape index (κ2) is 12.5. The summed E-state index contributed by atoms with van der Waals surface area (Å²) < 4.78 is 46.3. The molecular formula is C29H38N4O7S. The Morgan fingerprint density at radius 1 is 1.22 bits per heavy atom. The molecule has 0 saturated carbocycles. The molecule has 3 atom stereocenters. The van der Waals surface area contributed by atoms with Gasteiger partial charge in [0.05, 0.1) is 31.0 Å². The quantitative estimate of drug-likeness (QED) is 0.366. The zero-order chi connectivity index (χ0) is 29.9. The van der Waals surface area contributed by atoms with Crippen LogP contribution in [0, 0.1) is 19.8 Å². The maximum atomic E-state index is 13.7. The number of nitrogens with one attached hydrogen (secondary N) is 1. The number of nitrogens with zero attached hydrogens (tertiary/aromatic N) is 3. The molecule has 0 unspecified atom stereocenters. The average Bonchev–Trinajstić information content (AvgIpc) is 3.29. The number of amides is 1. The third-order valence-corrected chi connectivity index (χ3v) is 8.88. The number of ether oxygens (including phenoxy) is 2. The van der Waals surface area contributed by atoms with Crippen molar-refractivity contribution in [2.24, 2.45) is 5.92 Å². The van der Waals surface area contributed by atoms with E-state index in [0.29, 0.717) is 19.6 Å². The van der Waals surface area contributed by atoms with Crippen molar-refractivity contribution < 1.29 is 32.3 Å². The number of para-hydroxylation sites is 1. The Kier molecular flexibility index (Phi) is 9.25. The van der Waals surface area contributed by atoms with Gasteiger partial charge in [0, 0.05) is 25.6 Å². The number of fused-ring (bicyclic) bond motifs is 1. The number of hydrogen-bond donors (Lipinski definition) is 2. The van der Waals surface area contributed by atoms with E-state index in [1.807, 2.05) is 38.2 Å². The summed E-state index contributed by atoms with van der Waals surface area (Å²) in [6.45, 7) is 8.11. The Bertz CT molecular complexity index is 1450. The molecule has 0 radical (unpaired) electrons. The van der Waals surface area contributed by atoms with E-state index in [9.17, 15) is 18.3 Å². The minimum atomic E-state index is -4.11. The smallest absolute Gasteiger partial charge is 0.267 e. The van der Waals surface area contributed by atoms with E-state index >= 15 is 0 Å². The molecular weight excluding hydrogens is 548 g/mol. The minimum absolute atomic E-state index is 0.0630. The highest BCUT2D eigenvalue weighted by atomic mass is 32.2. The third kappa shape index (κ3) is 6.66. The zero-order valence-electron chi connectivity index (χ0n) is 24.2. The molecule has 2 aromatic carbocycles. The van der Waals surface area contributed by atoms with Gasteiger partial charge in [-0.25, -0.2) is 8.42 Å². The first-order valence-electron chi connectivity index (χ1n) is 13.4. The summed E-state index contributed by atoms with van der Waals surface area (Å²) in [5.74, 6) is 0.570. The minimum Gasteiger partial charge on any atom is -0.497 e. The number of methoxy groups -OCH3 is 1. The van der Waals surface area contributed by atoms with Crippen molar-refractivity contribution >= 4 is 21.6 Å². The molecule has 1 aromatic heterocycles. The Morgan fingerprint density at radius 3 is 2.54 bits per heavy atom. The molecule has 2 N–H and O–H groups in total. The van der Waals surface area contributed by atoms with Gasteiger partial charge in [0.2, 0.25) is 0 Å². The standard InChI is InChI=1S/C29H38N4O7S/c1-18-14-33(19(2)17-34)29(35)24-8-7-9-25(31-41(36,37)28-20(3)30-40-21(28)4)27(24)39-26(18)16-32(5)15-22-10-12-23(38-6)13-11-22/h7-13,18-19,26,31,34H,14-17H2,1-6H3/t18-,19-,26-/m0/s1. The fraction of sp³-hybridized carbons (Fsp3) is 0.448. The predicted molar refractivity (Wildman–Crippen MR) is 154 cm³/mol. The fourth-order valence-corrected chi connectivity index (χ4v) is 6.40. The van der Waals surface area contributed by atoms with Gasteiger partial charge >= 0.3 is 0 Å². The van der Waals surface area contributed by atoms with Gasteiger partial charge in [0.1, 0.15) is 17.5 Å². The van der Waals surface area contributed by atoms with Crippen molar-refractivity contribution in [3.05, 3.63) is 65.0 Å². The molecule has 11 nitrogen and oxygen atoms in total. The van der Waals surface area contributed by atoms with E-state index in [0.717, 1.165) is 11.3 Å². The van der Waals surface area contributed by atoms with Crippen molar-refractivity contribution in [2.45, 2.75) is 51.3 Å². The van der Waals surface area contributed by atoms with Crippen LogP contribution in [0.4, 0.5) is 5.69 Å². The molecule has 0 bridgehead atoms. The van der Waals surface area contributed by atoms with Gasteiger partial charge in [-0.3, -0.25) is 14.4 Å². The summed E-state index contributed by atoms with van der Waals surface area (Å²) in [6.07, 6.45) is -0.414. The number of benzene rings is 2. The SMILES string of the molecule is COc1ccc(CN(C)C[C@@H]2Oc3c(NS(=O)(=O)c4c(C)noc4C)cccc3C(=O)N([C@@H](C)CO)C[C@@H]2C)cc1. The van der Waals surface area contributed by atoms with Gasteiger partial charge in [0.25, 0.3) is 15.9 Å². The summed E-state index contributed by atoms with van der Waals surface area (Å²) in [5.41, 5.74) is 1.65. The van der Waals surface area contributed by atoms with Crippen LogP contribution in [0.15, 0.2) is 51.9 Å². The van der Waals surface area contributed by atoms with E-state index in [1.165, 1.54) is 6.92 Å². The molecule has 1 aliphatic heterocycles. The lowest BCUT2D eigenvalue weighted by Crippen LogP contribution is -2.49. The molecule has 1 aliphatic rings. The number of hydrogen-bond acceptors (Lipinski definition) is 9. The van der Waals surface area contributed by atoms with Crippen LogP contribution in [0.25, 0.3) is 0 Å². The van der Waals surface area contributed by atoms with E-state index in [1.54, 1.807) is 44.1 Å². The van der Waals surface area contributed by atoms with Crippen LogP contribution < -0.4 is 14.2 Å². The third-order valence-electron chi connectivity index (χ3n) is 7.28. The number of carbonyl (C=O) groups excluding carboxylic acids is 1. The van der Waals surface area contributed by atoms with Crippen molar-refractivity contribution in [2.75, 3.05) is 38.6 Å². The maximum absolute atomic E-state index is 13.7. The first-order valence-corrected chi connectivity index (χ1v) is 14.9. The largest absolute Gasteiger partial charge is 0.497 e. The number of rotatable bonds is 10. The van der Waals surface area contributed by atoms with Gasteiger partial charge in [-0.2, -0.15) is 0 Å². The number of aliphatic hydroxyl groups excluding tert-OH is 1. The van der Waals surface area contributed by atoms with Crippen molar-refractivity contribution in [3.8, 4) is 11.5 Å². The number of aliphatic hydroxyl groups is 1. The monoisotopic (exact) mass is 586 g/mol. The lowest BCUT2D eigenvalue weighted by atomic mass is 9.99. The van der Waals surface area contributed by atoms with Crippen molar-refractivity contribution in [3.63, 3.8) is 0 Å². The molecule has 0 aliphatic carbocycles. The Labute approximate surface area is 241 Å². The van der Waals surface area contributed by atoms with Crippen LogP contribution in [0.2, 0.25) is 0 Å². The summed E-state index contributed by atoms with van der Waals surface area (Å²) in [6, 6.07) is 12.1. The van der Waals surface area contributed by atoms with Crippen LogP contribution in [0.3, 0.4) is 0 Å². The molecule has 1 amide bonds. The summed E-state index contributed by atoms with van der Waals surface area (Å²) >= 11 is 0. The van der Waals surface area contributed by atoms with Gasteiger partial charge in [-0.15, -0.1) is 0 Å². The molecule has 0 fully saturated rings. The van der Waals surface area contributed by atoms with Gasteiger partial charge in [-0.05, 0) is 57.6 Å². The second-order valence-corrected chi connectivity index (χ2v) is 12.2. The molecule has 0 spiro atoms. The summed E-state index contributed by atoms with van der Waals surface area (Å²) in [7, 11) is -0.507. The number of aromatic nitrogens is 1. The average molecular weight is 587 g/mol. The Hall–Kier alpha value is -3.61. The molecule has 222 valence electrons. The van der Waals surface area contributed by atoms with Crippen LogP contribution in [-0.4, -0.2) is 80.4 Å². The lowest BCUT2D eigenvalue weighted by Gasteiger charge is -2.38. The normalized spacial score (nSPS) is 18.3. The number of aryl methyl sites for hydroxylation is 2. The number of carbonyl (C=O) groups is 1. The first kappa shape index (κ1) is 30.4. The van der Waals surface area contributed by atoms with Crippen LogP contribution in [0.1, 0.15) is 41.2 Å². The summed E-state index contributed by atoms with van der Waals surface area (Å²) in [5, 5.41) is 13.7. The fourth-order valence-electron chi connectivity index (χ4n) is 5.01. The first-order chi connectivity index (χ1) is 19.4. The number of sulfonamides is 1. The molecule has 12 heteroatoms.